The predicted octanol–water partition coefficient (Wildman–Crippen LogP) is 3.30. The normalized spacial score (nSPS) is 13.8. The van der Waals surface area contributed by atoms with Gasteiger partial charge >= 0.3 is 0 Å². The molecule has 0 unspecified atom stereocenters. The second kappa shape index (κ2) is 9.67. The highest BCUT2D eigenvalue weighted by Gasteiger charge is 2.30. The lowest BCUT2D eigenvalue weighted by Crippen LogP contribution is -2.51. The van der Waals surface area contributed by atoms with Gasteiger partial charge in [-0.3, -0.25) is 4.79 Å². The molecular weight excluding hydrogens is 328 g/mol. The summed E-state index contributed by atoms with van der Waals surface area (Å²) >= 11 is 0. The van der Waals surface area contributed by atoms with Gasteiger partial charge in [0.1, 0.15) is 0 Å². The Bertz CT molecular complexity index is 706. The number of benzene rings is 2. The molecule has 2 aromatic rings. The topological polar surface area (TPSA) is 64.8 Å². The number of ether oxygens (including phenoxy) is 2. The summed E-state index contributed by atoms with van der Waals surface area (Å²) in [4.78, 5) is 14.6. The molecule has 0 spiro atoms. The van der Waals surface area contributed by atoms with Crippen LogP contribution in [-0.2, 0) is 20.8 Å². The van der Waals surface area contributed by atoms with Gasteiger partial charge in [-0.1, -0.05) is 42.5 Å². The number of rotatable bonds is 9. The smallest absolute Gasteiger partial charge is 0.239 e. The standard InChI is InChI=1S/C21H30N2O3/c1-5-25-21(26-6-2)16(4)23(20(24)15(3)22)14-18-12-9-11-17-10-7-8-13-19(17)18/h7-13,15-16,21H,5-6,14,22H2,1-4H3/t15-,16-/m0/s1. The van der Waals surface area contributed by atoms with Crippen LogP contribution in [0.1, 0.15) is 33.3 Å². The molecule has 0 aliphatic carbocycles. The molecule has 2 aromatic carbocycles. The highest BCUT2D eigenvalue weighted by molar-refractivity contribution is 5.87. The lowest BCUT2D eigenvalue weighted by Gasteiger charge is -2.35. The molecule has 26 heavy (non-hydrogen) atoms. The van der Waals surface area contributed by atoms with Crippen LogP contribution in [0.5, 0.6) is 0 Å². The lowest BCUT2D eigenvalue weighted by atomic mass is 10.0. The second-order valence-electron chi connectivity index (χ2n) is 6.41. The van der Waals surface area contributed by atoms with Crippen molar-refractivity contribution in [2.75, 3.05) is 13.2 Å². The van der Waals surface area contributed by atoms with Crippen LogP contribution in [0.3, 0.4) is 0 Å². The first-order chi connectivity index (χ1) is 12.5. The summed E-state index contributed by atoms with van der Waals surface area (Å²) in [6.07, 6.45) is -0.484. The Morgan fingerprint density at radius 3 is 2.27 bits per heavy atom. The monoisotopic (exact) mass is 358 g/mol. The first-order valence-electron chi connectivity index (χ1n) is 9.25. The summed E-state index contributed by atoms with van der Waals surface area (Å²) in [5, 5.41) is 2.28. The number of carbonyl (C=O) groups is 1. The van der Waals surface area contributed by atoms with E-state index >= 15 is 0 Å². The van der Waals surface area contributed by atoms with Crippen molar-refractivity contribution < 1.29 is 14.3 Å². The van der Waals surface area contributed by atoms with Crippen LogP contribution in [0.2, 0.25) is 0 Å². The molecule has 5 heteroatoms. The molecule has 0 saturated carbocycles. The third kappa shape index (κ3) is 4.81. The van der Waals surface area contributed by atoms with Gasteiger partial charge in [0.25, 0.3) is 0 Å². The van der Waals surface area contributed by atoms with Crippen molar-refractivity contribution in [3.05, 3.63) is 48.0 Å². The maximum atomic E-state index is 12.8. The molecule has 0 aliphatic heterocycles. The number of hydrogen-bond acceptors (Lipinski definition) is 4. The molecule has 142 valence electrons. The van der Waals surface area contributed by atoms with Crippen LogP contribution < -0.4 is 5.73 Å². The van der Waals surface area contributed by atoms with Gasteiger partial charge in [0.15, 0.2) is 6.29 Å². The van der Waals surface area contributed by atoms with Crippen LogP contribution in [0, 0.1) is 0 Å². The summed E-state index contributed by atoms with van der Waals surface area (Å²) < 4.78 is 11.4. The van der Waals surface area contributed by atoms with E-state index in [1.165, 1.54) is 0 Å². The minimum absolute atomic E-state index is 0.116. The molecule has 2 rings (SSSR count). The maximum Gasteiger partial charge on any atom is 0.239 e. The van der Waals surface area contributed by atoms with Gasteiger partial charge in [-0.2, -0.15) is 0 Å². The molecule has 0 aliphatic rings. The third-order valence-electron chi connectivity index (χ3n) is 4.44. The Morgan fingerprint density at radius 1 is 1.04 bits per heavy atom. The Morgan fingerprint density at radius 2 is 1.65 bits per heavy atom. The molecule has 0 bridgehead atoms. The van der Waals surface area contributed by atoms with Crippen LogP contribution in [-0.4, -0.2) is 42.4 Å². The average Bonchev–Trinajstić information content (AvgIpc) is 2.65. The van der Waals surface area contributed by atoms with Gasteiger partial charge in [0.2, 0.25) is 5.91 Å². The fourth-order valence-electron chi connectivity index (χ4n) is 3.10. The Balaban J connectivity index is 2.36. The van der Waals surface area contributed by atoms with Crippen molar-refractivity contribution in [1.29, 1.82) is 0 Å². The average molecular weight is 358 g/mol. The summed E-state index contributed by atoms with van der Waals surface area (Å²) in [7, 11) is 0. The van der Waals surface area contributed by atoms with Gasteiger partial charge in [-0.05, 0) is 44.0 Å². The van der Waals surface area contributed by atoms with Crippen LogP contribution in [0.15, 0.2) is 42.5 Å². The molecule has 2 N–H and O–H groups in total. The minimum Gasteiger partial charge on any atom is -0.351 e. The second-order valence-corrected chi connectivity index (χ2v) is 6.41. The third-order valence-corrected chi connectivity index (χ3v) is 4.44. The Kier molecular flexibility index (Phi) is 7.57. The highest BCUT2D eigenvalue weighted by Crippen LogP contribution is 2.22. The molecule has 2 atom stereocenters. The Labute approximate surface area is 156 Å². The van der Waals surface area contributed by atoms with Gasteiger partial charge in [-0.15, -0.1) is 0 Å². The van der Waals surface area contributed by atoms with E-state index in [4.69, 9.17) is 15.2 Å². The minimum atomic E-state index is -0.587. The van der Waals surface area contributed by atoms with Crippen molar-refractivity contribution in [2.45, 2.75) is 52.6 Å². The fraction of sp³-hybridized carbons (Fsp3) is 0.476. The highest BCUT2D eigenvalue weighted by atomic mass is 16.7. The van der Waals surface area contributed by atoms with Gasteiger partial charge in [-0.25, -0.2) is 0 Å². The number of nitrogens with two attached hydrogens (primary N) is 1. The number of carbonyl (C=O) groups excluding carboxylic acids is 1. The zero-order valence-electron chi connectivity index (χ0n) is 16.1. The van der Waals surface area contributed by atoms with E-state index < -0.39 is 12.3 Å². The lowest BCUT2D eigenvalue weighted by molar-refractivity contribution is -0.179. The summed E-state index contributed by atoms with van der Waals surface area (Å²) in [5.74, 6) is -0.116. The van der Waals surface area contributed by atoms with E-state index in [-0.39, 0.29) is 11.9 Å². The van der Waals surface area contributed by atoms with Crippen molar-refractivity contribution in [3.8, 4) is 0 Å². The first kappa shape index (κ1) is 20.4. The number of nitrogens with zero attached hydrogens (tertiary/aromatic N) is 1. The SMILES string of the molecule is CCOC(OCC)[C@H](C)N(Cc1cccc2ccccc12)C(=O)[C@H](C)N. The van der Waals surface area contributed by atoms with E-state index in [0.717, 1.165) is 16.3 Å². The van der Waals surface area contributed by atoms with Crippen LogP contribution >= 0.6 is 0 Å². The summed E-state index contributed by atoms with van der Waals surface area (Å²) in [6, 6.07) is 13.5. The molecule has 1 amide bonds. The number of hydrogen-bond donors (Lipinski definition) is 1. The molecular formula is C21H30N2O3. The van der Waals surface area contributed by atoms with Crippen molar-refractivity contribution in [1.82, 2.24) is 4.90 Å². The van der Waals surface area contributed by atoms with E-state index in [1.54, 1.807) is 11.8 Å². The molecule has 0 aromatic heterocycles. The quantitative estimate of drug-likeness (QED) is 0.699. The predicted molar refractivity (Wildman–Crippen MR) is 105 cm³/mol. The zero-order valence-corrected chi connectivity index (χ0v) is 16.1. The van der Waals surface area contributed by atoms with Gasteiger partial charge < -0.3 is 20.1 Å². The van der Waals surface area contributed by atoms with E-state index in [0.29, 0.717) is 19.8 Å². The summed E-state index contributed by atoms with van der Waals surface area (Å²) in [6.45, 7) is 8.98. The molecule has 0 fully saturated rings. The largest absolute Gasteiger partial charge is 0.351 e. The summed E-state index contributed by atoms with van der Waals surface area (Å²) in [5.41, 5.74) is 7.00. The first-order valence-corrected chi connectivity index (χ1v) is 9.25. The van der Waals surface area contributed by atoms with E-state index in [9.17, 15) is 4.79 Å². The molecule has 0 heterocycles. The van der Waals surface area contributed by atoms with Crippen LogP contribution in [0.25, 0.3) is 10.8 Å². The van der Waals surface area contributed by atoms with Crippen molar-refractivity contribution in [3.63, 3.8) is 0 Å². The Hall–Kier alpha value is -1.95. The fourth-order valence-corrected chi connectivity index (χ4v) is 3.10. The number of fused-ring (bicyclic) bond motifs is 1. The van der Waals surface area contributed by atoms with Crippen molar-refractivity contribution >= 4 is 16.7 Å². The van der Waals surface area contributed by atoms with E-state index in [1.807, 2.05) is 45.0 Å². The number of amides is 1. The molecule has 0 radical (unpaired) electrons. The molecule has 5 nitrogen and oxygen atoms in total. The van der Waals surface area contributed by atoms with Gasteiger partial charge in [0.05, 0.1) is 12.1 Å². The van der Waals surface area contributed by atoms with Gasteiger partial charge in [0, 0.05) is 19.8 Å². The molecule has 0 saturated heterocycles. The maximum absolute atomic E-state index is 12.8. The van der Waals surface area contributed by atoms with E-state index in [2.05, 4.69) is 18.2 Å². The zero-order chi connectivity index (χ0) is 19.1. The van der Waals surface area contributed by atoms with Crippen LogP contribution in [0.4, 0.5) is 0 Å². The van der Waals surface area contributed by atoms with Crippen molar-refractivity contribution in [2.24, 2.45) is 5.73 Å².